The highest BCUT2D eigenvalue weighted by molar-refractivity contribution is 7.10. The summed E-state index contributed by atoms with van der Waals surface area (Å²) in [5.41, 5.74) is 2.32. The highest BCUT2D eigenvalue weighted by atomic mass is 32.1. The topological polar surface area (TPSA) is 20.2 Å². The van der Waals surface area contributed by atoms with Gasteiger partial charge in [0.1, 0.15) is 0 Å². The molecule has 4 saturated carbocycles. The molecule has 0 amide bonds. The van der Waals surface area contributed by atoms with Crippen molar-refractivity contribution in [1.29, 1.82) is 0 Å². The predicted molar refractivity (Wildman–Crippen MR) is 83.9 cm³/mol. The van der Waals surface area contributed by atoms with Gasteiger partial charge in [0.05, 0.1) is 6.10 Å². The second-order valence-electron chi connectivity index (χ2n) is 8.89. The van der Waals surface area contributed by atoms with Crippen LogP contribution in [0.25, 0.3) is 0 Å². The van der Waals surface area contributed by atoms with Crippen molar-refractivity contribution in [2.24, 2.45) is 22.2 Å². The minimum Gasteiger partial charge on any atom is -0.388 e. The Morgan fingerprint density at radius 2 is 1.80 bits per heavy atom. The third kappa shape index (κ3) is 1.84. The normalized spacial score (nSPS) is 47.7. The van der Waals surface area contributed by atoms with Crippen LogP contribution in [-0.4, -0.2) is 5.11 Å². The first-order valence-electron chi connectivity index (χ1n) is 8.05. The van der Waals surface area contributed by atoms with Crippen molar-refractivity contribution in [2.45, 2.75) is 65.4 Å². The molecule has 5 rings (SSSR count). The number of hydrogen-bond acceptors (Lipinski definition) is 2. The summed E-state index contributed by atoms with van der Waals surface area (Å²) in [6.07, 6.45) is 7.68. The van der Waals surface area contributed by atoms with E-state index >= 15 is 0 Å². The van der Waals surface area contributed by atoms with Gasteiger partial charge in [-0.3, -0.25) is 0 Å². The van der Waals surface area contributed by atoms with E-state index in [0.717, 1.165) is 5.92 Å². The molecule has 0 saturated heterocycles. The van der Waals surface area contributed by atoms with Gasteiger partial charge in [-0.15, -0.1) is 11.3 Å². The minimum atomic E-state index is -0.241. The lowest BCUT2D eigenvalue weighted by molar-refractivity contribution is -0.187. The molecule has 0 spiro atoms. The molecule has 1 nitrogen and oxygen atoms in total. The molecule has 1 heterocycles. The molecule has 4 bridgehead atoms. The second kappa shape index (κ2) is 3.89. The summed E-state index contributed by atoms with van der Waals surface area (Å²) >= 11 is 1.77. The van der Waals surface area contributed by atoms with Crippen molar-refractivity contribution in [3.05, 3.63) is 21.9 Å². The fourth-order valence-electron chi connectivity index (χ4n) is 6.80. The van der Waals surface area contributed by atoms with Gasteiger partial charge in [-0.1, -0.05) is 13.8 Å². The summed E-state index contributed by atoms with van der Waals surface area (Å²) in [6, 6.07) is 2.21. The quantitative estimate of drug-likeness (QED) is 0.804. The summed E-state index contributed by atoms with van der Waals surface area (Å²) in [5.74, 6) is 0.857. The molecule has 3 unspecified atom stereocenters. The predicted octanol–water partition coefficient (Wildman–Crippen LogP) is 5.09. The van der Waals surface area contributed by atoms with Gasteiger partial charge in [0.15, 0.2) is 0 Å². The van der Waals surface area contributed by atoms with Crippen molar-refractivity contribution in [2.75, 3.05) is 0 Å². The Labute approximate surface area is 126 Å². The SMILES string of the molecule is Cc1cc(C(O)C23CC4CC(C)(CC(C)(C4)C2)C3)cs1. The lowest BCUT2D eigenvalue weighted by Gasteiger charge is -2.66. The molecule has 1 aromatic heterocycles. The molecule has 110 valence electrons. The van der Waals surface area contributed by atoms with Crippen LogP contribution in [0.5, 0.6) is 0 Å². The molecule has 1 aromatic rings. The van der Waals surface area contributed by atoms with Crippen molar-refractivity contribution in [1.82, 2.24) is 0 Å². The van der Waals surface area contributed by atoms with Crippen LogP contribution in [-0.2, 0) is 0 Å². The molecule has 20 heavy (non-hydrogen) atoms. The molecular weight excluding hydrogens is 264 g/mol. The molecule has 1 N–H and O–H groups in total. The standard InChI is InChI=1S/C18H26OS/c1-12-4-14(8-20-12)15(19)18-7-13-5-16(2,10-18)9-17(3,6-13)11-18/h4,8,13,15,19H,5-7,9-11H2,1-3H3. The molecule has 3 atom stereocenters. The Kier molecular flexibility index (Phi) is 2.60. The summed E-state index contributed by atoms with van der Waals surface area (Å²) in [5, 5.41) is 13.3. The van der Waals surface area contributed by atoms with E-state index < -0.39 is 0 Å². The third-order valence-electron chi connectivity index (χ3n) is 6.32. The maximum atomic E-state index is 11.1. The van der Waals surface area contributed by atoms with Crippen molar-refractivity contribution in [3.8, 4) is 0 Å². The van der Waals surface area contributed by atoms with Crippen LogP contribution in [0, 0.1) is 29.1 Å². The van der Waals surface area contributed by atoms with E-state index in [1.165, 1.54) is 49.0 Å². The summed E-state index contributed by atoms with van der Waals surface area (Å²) in [4.78, 5) is 1.32. The van der Waals surface area contributed by atoms with Crippen molar-refractivity contribution >= 4 is 11.3 Å². The van der Waals surface area contributed by atoms with E-state index in [1.54, 1.807) is 11.3 Å². The average Bonchev–Trinajstić information content (AvgIpc) is 2.69. The average molecular weight is 290 g/mol. The molecular formula is C18H26OS. The van der Waals surface area contributed by atoms with Crippen molar-refractivity contribution < 1.29 is 5.11 Å². The minimum absolute atomic E-state index is 0.163. The first-order chi connectivity index (χ1) is 9.32. The fraction of sp³-hybridized carbons (Fsp3) is 0.778. The number of rotatable bonds is 2. The molecule has 0 aliphatic heterocycles. The largest absolute Gasteiger partial charge is 0.388 e. The van der Waals surface area contributed by atoms with Crippen molar-refractivity contribution in [3.63, 3.8) is 0 Å². The molecule has 0 aromatic carbocycles. The maximum Gasteiger partial charge on any atom is 0.0854 e. The molecule has 4 aliphatic carbocycles. The zero-order chi connectivity index (χ0) is 14.2. The molecule has 2 heteroatoms. The lowest BCUT2D eigenvalue weighted by Crippen LogP contribution is -2.56. The highest BCUT2D eigenvalue weighted by Crippen LogP contribution is 2.72. The van der Waals surface area contributed by atoms with Gasteiger partial charge in [0, 0.05) is 10.3 Å². The number of hydrogen-bond donors (Lipinski definition) is 1. The Morgan fingerprint density at radius 1 is 1.15 bits per heavy atom. The smallest absolute Gasteiger partial charge is 0.0854 e. The van der Waals surface area contributed by atoms with Gasteiger partial charge in [0.25, 0.3) is 0 Å². The summed E-state index contributed by atoms with van der Waals surface area (Å²) < 4.78 is 0. The van der Waals surface area contributed by atoms with E-state index in [2.05, 4.69) is 32.2 Å². The first-order valence-corrected chi connectivity index (χ1v) is 8.93. The maximum absolute atomic E-state index is 11.1. The molecule has 4 aliphatic rings. The van der Waals surface area contributed by atoms with Gasteiger partial charge < -0.3 is 5.11 Å². The molecule has 4 fully saturated rings. The summed E-state index contributed by atoms with van der Waals surface area (Å²) in [7, 11) is 0. The van der Waals surface area contributed by atoms with E-state index in [4.69, 9.17) is 0 Å². The van der Waals surface area contributed by atoms with Crippen LogP contribution in [0.4, 0.5) is 0 Å². The number of aryl methyl sites for hydroxylation is 1. The van der Waals surface area contributed by atoms with Gasteiger partial charge in [0.2, 0.25) is 0 Å². The Morgan fingerprint density at radius 3 is 2.30 bits per heavy atom. The van der Waals surface area contributed by atoms with Gasteiger partial charge >= 0.3 is 0 Å². The van der Waals surface area contributed by atoms with Crippen LogP contribution in [0.1, 0.15) is 68.9 Å². The van der Waals surface area contributed by atoms with E-state index in [9.17, 15) is 5.11 Å². The molecule has 0 radical (unpaired) electrons. The van der Waals surface area contributed by atoms with Gasteiger partial charge in [-0.25, -0.2) is 0 Å². The first kappa shape index (κ1) is 13.3. The number of aliphatic hydroxyl groups excluding tert-OH is 1. The fourth-order valence-corrected chi connectivity index (χ4v) is 7.52. The zero-order valence-corrected chi connectivity index (χ0v) is 13.7. The van der Waals surface area contributed by atoms with Crippen LogP contribution in [0.2, 0.25) is 0 Å². The monoisotopic (exact) mass is 290 g/mol. The second-order valence-corrected chi connectivity index (χ2v) is 10.0. The van der Waals surface area contributed by atoms with Crippen LogP contribution in [0.15, 0.2) is 11.4 Å². The van der Waals surface area contributed by atoms with E-state index in [-0.39, 0.29) is 11.5 Å². The number of aliphatic hydroxyl groups is 1. The van der Waals surface area contributed by atoms with E-state index in [1.807, 2.05) is 0 Å². The Balaban J connectivity index is 1.73. The van der Waals surface area contributed by atoms with Crippen LogP contribution in [0.3, 0.4) is 0 Å². The van der Waals surface area contributed by atoms with Crippen LogP contribution < -0.4 is 0 Å². The lowest BCUT2D eigenvalue weighted by atomic mass is 9.39. The summed E-state index contributed by atoms with van der Waals surface area (Å²) in [6.45, 7) is 7.11. The Bertz CT molecular complexity index is 527. The van der Waals surface area contributed by atoms with Gasteiger partial charge in [-0.2, -0.15) is 0 Å². The van der Waals surface area contributed by atoms with Crippen LogP contribution >= 0.6 is 11.3 Å². The highest BCUT2D eigenvalue weighted by Gasteiger charge is 2.62. The third-order valence-corrected chi connectivity index (χ3v) is 7.20. The zero-order valence-electron chi connectivity index (χ0n) is 12.9. The van der Waals surface area contributed by atoms with Gasteiger partial charge in [-0.05, 0) is 79.2 Å². The number of thiophene rings is 1. The Hall–Kier alpha value is -0.340. The van der Waals surface area contributed by atoms with E-state index in [0.29, 0.717) is 10.8 Å².